The van der Waals surface area contributed by atoms with E-state index >= 15 is 0 Å². The van der Waals surface area contributed by atoms with Crippen molar-refractivity contribution in [2.24, 2.45) is 0 Å². The zero-order valence-corrected chi connectivity index (χ0v) is 17.4. The highest BCUT2D eigenvalue weighted by Crippen LogP contribution is 2.35. The molecule has 1 fully saturated rings. The monoisotopic (exact) mass is 459 g/mol. The second-order valence-corrected chi connectivity index (χ2v) is 6.71. The van der Waals surface area contributed by atoms with Crippen LogP contribution < -0.4 is 19.7 Å². The Labute approximate surface area is 175 Å². The van der Waals surface area contributed by atoms with Crippen molar-refractivity contribution in [3.63, 3.8) is 0 Å². The molecule has 0 unspecified atom stereocenters. The van der Waals surface area contributed by atoms with E-state index in [4.69, 9.17) is 9.47 Å². The van der Waals surface area contributed by atoms with Crippen LogP contribution in [-0.2, 0) is 9.59 Å². The van der Waals surface area contributed by atoms with Crippen LogP contribution >= 0.6 is 15.9 Å². The fraction of sp³-hybridized carbons (Fsp3) is 0.200. The van der Waals surface area contributed by atoms with Crippen LogP contribution in [0, 0.1) is 0 Å². The molecule has 9 heteroatoms. The van der Waals surface area contributed by atoms with Crippen molar-refractivity contribution in [2.45, 2.75) is 13.8 Å². The number of anilines is 1. The Morgan fingerprint density at radius 1 is 1.14 bits per heavy atom. The molecule has 2 aromatic rings. The maximum absolute atomic E-state index is 12.9. The van der Waals surface area contributed by atoms with Crippen molar-refractivity contribution in [3.8, 4) is 11.5 Å². The summed E-state index contributed by atoms with van der Waals surface area (Å²) in [5.41, 5.74) is 0.540. The first-order valence-electron chi connectivity index (χ1n) is 8.86. The van der Waals surface area contributed by atoms with Gasteiger partial charge >= 0.3 is 6.03 Å². The number of nitrogens with one attached hydrogen (secondary N) is 1. The van der Waals surface area contributed by atoms with E-state index in [1.54, 1.807) is 24.3 Å². The number of carbonyl (C=O) groups is 3. The Balaban J connectivity index is 2.06. The molecular formula is C20H18BrN3O5. The molecule has 1 aromatic heterocycles. The number of nitrogens with zero attached hydrogens (tertiary/aromatic N) is 2. The van der Waals surface area contributed by atoms with Crippen molar-refractivity contribution in [1.29, 1.82) is 0 Å². The van der Waals surface area contributed by atoms with Gasteiger partial charge in [-0.15, -0.1) is 0 Å². The first-order chi connectivity index (χ1) is 14.0. The minimum atomic E-state index is -0.831. The average Bonchev–Trinajstić information content (AvgIpc) is 2.69. The van der Waals surface area contributed by atoms with Crippen molar-refractivity contribution in [1.82, 2.24) is 10.3 Å². The molecule has 0 bridgehead atoms. The number of pyridine rings is 1. The molecule has 1 aliphatic rings. The van der Waals surface area contributed by atoms with Crippen LogP contribution in [0.25, 0.3) is 6.08 Å². The minimum Gasteiger partial charge on any atom is -0.493 e. The van der Waals surface area contributed by atoms with Gasteiger partial charge in [0.15, 0.2) is 0 Å². The Morgan fingerprint density at radius 3 is 2.52 bits per heavy atom. The van der Waals surface area contributed by atoms with Crippen molar-refractivity contribution >= 4 is 45.5 Å². The molecule has 0 aliphatic carbocycles. The number of ether oxygens (including phenoxy) is 2. The molecule has 1 aromatic carbocycles. The number of hydrogen-bond donors (Lipinski definition) is 1. The fourth-order valence-electron chi connectivity index (χ4n) is 2.74. The number of imide groups is 2. The summed E-state index contributed by atoms with van der Waals surface area (Å²) < 4.78 is 11.8. The topological polar surface area (TPSA) is 97.8 Å². The van der Waals surface area contributed by atoms with Gasteiger partial charge in [-0.2, -0.15) is 0 Å². The maximum atomic E-state index is 12.9. The number of barbiturate groups is 1. The average molecular weight is 460 g/mol. The summed E-state index contributed by atoms with van der Waals surface area (Å²) in [5.74, 6) is -0.520. The lowest BCUT2D eigenvalue weighted by atomic mass is 10.1. The smallest absolute Gasteiger partial charge is 0.336 e. The predicted octanol–water partition coefficient (Wildman–Crippen LogP) is 3.31. The van der Waals surface area contributed by atoms with Gasteiger partial charge in [-0.1, -0.05) is 0 Å². The molecule has 0 spiro atoms. The van der Waals surface area contributed by atoms with E-state index in [9.17, 15) is 14.4 Å². The summed E-state index contributed by atoms with van der Waals surface area (Å²) >= 11 is 3.42. The van der Waals surface area contributed by atoms with E-state index in [1.165, 1.54) is 18.5 Å². The quantitative estimate of drug-likeness (QED) is 0.525. The second-order valence-electron chi connectivity index (χ2n) is 5.86. The summed E-state index contributed by atoms with van der Waals surface area (Å²) in [6, 6.07) is 5.68. The Morgan fingerprint density at radius 2 is 1.86 bits per heavy atom. The fourth-order valence-corrected chi connectivity index (χ4v) is 3.22. The highest BCUT2D eigenvalue weighted by Gasteiger charge is 2.37. The van der Waals surface area contributed by atoms with Gasteiger partial charge in [0.2, 0.25) is 0 Å². The third-order valence-electron chi connectivity index (χ3n) is 3.97. The molecule has 8 nitrogen and oxygen atoms in total. The Hall–Kier alpha value is -3.20. The van der Waals surface area contributed by atoms with Gasteiger partial charge in [0, 0.05) is 17.8 Å². The van der Waals surface area contributed by atoms with E-state index in [0.29, 0.717) is 34.7 Å². The zero-order chi connectivity index (χ0) is 21.0. The number of benzene rings is 1. The summed E-state index contributed by atoms with van der Waals surface area (Å²) in [4.78, 5) is 42.3. The molecule has 0 atom stereocenters. The minimum absolute atomic E-state index is 0.203. The van der Waals surface area contributed by atoms with Crippen LogP contribution in [0.3, 0.4) is 0 Å². The molecule has 3 rings (SSSR count). The molecule has 150 valence electrons. The van der Waals surface area contributed by atoms with Gasteiger partial charge in [0.05, 0.1) is 29.6 Å². The van der Waals surface area contributed by atoms with Gasteiger partial charge in [-0.3, -0.25) is 19.9 Å². The second kappa shape index (κ2) is 8.87. The molecule has 1 aliphatic heterocycles. The molecule has 1 N–H and O–H groups in total. The van der Waals surface area contributed by atoms with Crippen LogP contribution in [0.2, 0.25) is 0 Å². The molecule has 1 saturated heterocycles. The number of aromatic nitrogens is 1. The molecule has 4 amide bonds. The first kappa shape index (κ1) is 20.5. The van der Waals surface area contributed by atoms with Crippen LogP contribution in [-0.4, -0.2) is 36.0 Å². The van der Waals surface area contributed by atoms with E-state index in [0.717, 1.165) is 4.90 Å². The highest BCUT2D eigenvalue weighted by molar-refractivity contribution is 9.10. The highest BCUT2D eigenvalue weighted by atomic mass is 79.9. The number of urea groups is 1. The molecule has 2 heterocycles. The first-order valence-corrected chi connectivity index (χ1v) is 9.66. The lowest BCUT2D eigenvalue weighted by Crippen LogP contribution is -2.54. The van der Waals surface area contributed by atoms with Crippen molar-refractivity contribution < 1.29 is 23.9 Å². The normalized spacial score (nSPS) is 15.5. The maximum Gasteiger partial charge on any atom is 0.336 e. The van der Waals surface area contributed by atoms with E-state index in [-0.39, 0.29) is 11.3 Å². The number of rotatable bonds is 6. The van der Waals surface area contributed by atoms with Gasteiger partial charge < -0.3 is 9.47 Å². The van der Waals surface area contributed by atoms with E-state index in [1.807, 2.05) is 13.8 Å². The number of amides is 4. The summed E-state index contributed by atoms with van der Waals surface area (Å²) in [6.45, 7) is 4.52. The summed E-state index contributed by atoms with van der Waals surface area (Å²) in [7, 11) is 0. The van der Waals surface area contributed by atoms with Crippen LogP contribution in [0.4, 0.5) is 10.5 Å². The van der Waals surface area contributed by atoms with Gasteiger partial charge in [0.25, 0.3) is 11.8 Å². The van der Waals surface area contributed by atoms with Crippen LogP contribution in [0.5, 0.6) is 11.5 Å². The SMILES string of the molecule is CCOc1cc(OCC)c(/C=C2\C(=O)NC(=O)N(c3cccnc3)C2=O)cc1Br. The lowest BCUT2D eigenvalue weighted by molar-refractivity contribution is -0.122. The summed E-state index contributed by atoms with van der Waals surface area (Å²) in [5, 5.41) is 2.18. The van der Waals surface area contributed by atoms with Gasteiger partial charge in [-0.05, 0) is 54.1 Å². The lowest BCUT2D eigenvalue weighted by Gasteiger charge is -2.26. The van der Waals surface area contributed by atoms with Gasteiger partial charge in [0.1, 0.15) is 17.1 Å². The van der Waals surface area contributed by atoms with E-state index < -0.39 is 17.8 Å². The standard InChI is InChI=1S/C20H18BrN3O5/c1-3-28-16-10-17(29-4-2)15(21)9-12(16)8-14-18(25)23-20(27)24(19(14)26)13-6-5-7-22-11-13/h5-11H,3-4H2,1-2H3,(H,23,25,27)/b14-8+. The zero-order valence-electron chi connectivity index (χ0n) is 15.8. The van der Waals surface area contributed by atoms with Crippen LogP contribution in [0.1, 0.15) is 19.4 Å². The summed E-state index contributed by atoms with van der Waals surface area (Å²) in [6.07, 6.45) is 4.27. The molecule has 29 heavy (non-hydrogen) atoms. The van der Waals surface area contributed by atoms with Crippen molar-refractivity contribution in [2.75, 3.05) is 18.1 Å². The van der Waals surface area contributed by atoms with Gasteiger partial charge in [-0.25, -0.2) is 9.69 Å². The molecular weight excluding hydrogens is 442 g/mol. The Kier molecular flexibility index (Phi) is 6.28. The molecule has 0 radical (unpaired) electrons. The number of hydrogen-bond acceptors (Lipinski definition) is 6. The Bertz CT molecular complexity index is 991. The largest absolute Gasteiger partial charge is 0.493 e. The molecule has 0 saturated carbocycles. The van der Waals surface area contributed by atoms with Crippen LogP contribution in [0.15, 0.2) is 46.7 Å². The number of carbonyl (C=O) groups excluding carboxylic acids is 3. The third-order valence-corrected chi connectivity index (χ3v) is 4.59. The number of halogens is 1. The predicted molar refractivity (Wildman–Crippen MR) is 110 cm³/mol. The van der Waals surface area contributed by atoms with E-state index in [2.05, 4.69) is 26.2 Å². The van der Waals surface area contributed by atoms with Crippen molar-refractivity contribution in [3.05, 3.63) is 52.3 Å². The third kappa shape index (κ3) is 4.29.